The highest BCUT2D eigenvalue weighted by Crippen LogP contribution is 2.17. The molecule has 0 amide bonds. The zero-order valence-corrected chi connectivity index (χ0v) is 7.49. The van der Waals surface area contributed by atoms with E-state index in [0.717, 1.165) is 11.9 Å². The molecule has 0 fully saturated rings. The molecule has 0 spiro atoms. The molecule has 0 aromatic carbocycles. The van der Waals surface area contributed by atoms with Crippen molar-refractivity contribution in [2.75, 3.05) is 13.0 Å². The molecule has 0 heterocycles. The van der Waals surface area contributed by atoms with Gasteiger partial charge in [-0.15, -0.1) is 11.8 Å². The molecule has 2 heteroatoms. The first-order valence-electron chi connectivity index (χ1n) is 3.29. The van der Waals surface area contributed by atoms with E-state index in [0.29, 0.717) is 5.25 Å². The van der Waals surface area contributed by atoms with Crippen LogP contribution in [0.4, 0.5) is 0 Å². The molecule has 0 rings (SSSR count). The number of rotatable bonds is 4. The fraction of sp³-hybridized carbons (Fsp3) is 1.00. The van der Waals surface area contributed by atoms with Gasteiger partial charge in [-0.3, -0.25) is 0 Å². The summed E-state index contributed by atoms with van der Waals surface area (Å²) in [6.45, 7) is 6.69. The summed E-state index contributed by atoms with van der Waals surface area (Å²) in [5, 5.41) is 0.713. The topological polar surface area (TPSA) is 9.23 Å². The van der Waals surface area contributed by atoms with Crippen molar-refractivity contribution >= 4 is 11.8 Å². The van der Waals surface area contributed by atoms with Gasteiger partial charge in [0.1, 0.15) is 0 Å². The quantitative estimate of drug-likeness (QED) is 0.566. The van der Waals surface area contributed by atoms with E-state index in [9.17, 15) is 0 Å². The average molecular weight is 148 g/mol. The van der Waals surface area contributed by atoms with E-state index in [-0.39, 0.29) is 0 Å². The molecule has 0 radical (unpaired) electrons. The van der Waals surface area contributed by atoms with Crippen LogP contribution in [0.5, 0.6) is 0 Å². The van der Waals surface area contributed by atoms with Gasteiger partial charge in [-0.2, -0.15) is 0 Å². The van der Waals surface area contributed by atoms with Crippen molar-refractivity contribution in [1.82, 2.24) is 0 Å². The molecule has 0 N–H and O–H groups in total. The standard InChI is InChI=1S/C7H16OS/c1-6(2)7(3)9-5-8-4/h6-7H,5H2,1-4H3. The van der Waals surface area contributed by atoms with Gasteiger partial charge in [0.25, 0.3) is 0 Å². The average Bonchev–Trinajstić information content (AvgIpc) is 1.82. The van der Waals surface area contributed by atoms with Crippen LogP contribution in [0.15, 0.2) is 0 Å². The van der Waals surface area contributed by atoms with Gasteiger partial charge in [0, 0.05) is 12.4 Å². The van der Waals surface area contributed by atoms with Crippen molar-refractivity contribution in [2.24, 2.45) is 5.92 Å². The molecule has 9 heavy (non-hydrogen) atoms. The van der Waals surface area contributed by atoms with Gasteiger partial charge >= 0.3 is 0 Å². The third-order valence-corrected chi connectivity index (χ3v) is 2.83. The van der Waals surface area contributed by atoms with Crippen LogP contribution in [0.3, 0.4) is 0 Å². The Hall–Kier alpha value is 0.310. The fourth-order valence-corrected chi connectivity index (χ4v) is 1.10. The number of hydrogen-bond acceptors (Lipinski definition) is 2. The van der Waals surface area contributed by atoms with Gasteiger partial charge in [-0.25, -0.2) is 0 Å². The summed E-state index contributed by atoms with van der Waals surface area (Å²) in [6, 6.07) is 0. The predicted octanol–water partition coefficient (Wildman–Crippen LogP) is 2.37. The lowest BCUT2D eigenvalue weighted by Gasteiger charge is -2.13. The highest BCUT2D eigenvalue weighted by atomic mass is 32.2. The predicted molar refractivity (Wildman–Crippen MR) is 43.8 cm³/mol. The second-order valence-electron chi connectivity index (χ2n) is 2.52. The molecule has 0 bridgehead atoms. The van der Waals surface area contributed by atoms with Gasteiger partial charge in [0.15, 0.2) is 0 Å². The Bertz CT molecular complexity index is 63.9. The van der Waals surface area contributed by atoms with E-state index in [1.807, 2.05) is 11.8 Å². The molecule has 1 unspecified atom stereocenters. The van der Waals surface area contributed by atoms with Crippen LogP contribution in [0, 0.1) is 5.92 Å². The summed E-state index contributed by atoms with van der Waals surface area (Å²) in [5.74, 6) is 1.57. The lowest BCUT2D eigenvalue weighted by molar-refractivity contribution is 0.258. The molecule has 0 aromatic heterocycles. The molecule has 1 atom stereocenters. The molecule has 0 saturated carbocycles. The van der Waals surface area contributed by atoms with Gasteiger partial charge in [-0.1, -0.05) is 20.8 Å². The van der Waals surface area contributed by atoms with E-state index < -0.39 is 0 Å². The van der Waals surface area contributed by atoms with Crippen LogP contribution in [0.1, 0.15) is 20.8 Å². The number of ether oxygens (including phenoxy) is 1. The molecule has 0 aromatic rings. The van der Waals surface area contributed by atoms with E-state index in [2.05, 4.69) is 20.8 Å². The van der Waals surface area contributed by atoms with Gasteiger partial charge in [0.05, 0.1) is 5.94 Å². The second-order valence-corrected chi connectivity index (χ2v) is 3.83. The van der Waals surface area contributed by atoms with Gasteiger partial charge in [-0.05, 0) is 5.92 Å². The van der Waals surface area contributed by atoms with Crippen LogP contribution >= 0.6 is 11.8 Å². The third kappa shape index (κ3) is 4.79. The van der Waals surface area contributed by atoms with Crippen molar-refractivity contribution < 1.29 is 4.74 Å². The monoisotopic (exact) mass is 148 g/mol. The number of thioether (sulfide) groups is 1. The zero-order chi connectivity index (χ0) is 7.28. The highest BCUT2D eigenvalue weighted by molar-refractivity contribution is 7.99. The summed E-state index contributed by atoms with van der Waals surface area (Å²) < 4.78 is 4.93. The Kier molecular flexibility index (Phi) is 5.30. The third-order valence-electron chi connectivity index (χ3n) is 1.39. The van der Waals surface area contributed by atoms with Crippen LogP contribution in [0.2, 0.25) is 0 Å². The van der Waals surface area contributed by atoms with Gasteiger partial charge in [0.2, 0.25) is 0 Å². The maximum absolute atomic E-state index is 4.93. The Morgan fingerprint density at radius 2 is 1.89 bits per heavy atom. The first-order chi connectivity index (χ1) is 4.18. The Morgan fingerprint density at radius 3 is 2.22 bits per heavy atom. The zero-order valence-electron chi connectivity index (χ0n) is 6.68. The van der Waals surface area contributed by atoms with Crippen LogP contribution in [-0.4, -0.2) is 18.3 Å². The normalized spacial score (nSPS) is 14.3. The molecule has 0 aliphatic carbocycles. The maximum Gasteiger partial charge on any atom is 0.0919 e. The van der Waals surface area contributed by atoms with Crippen LogP contribution in [0.25, 0.3) is 0 Å². The lowest BCUT2D eigenvalue weighted by Crippen LogP contribution is -2.06. The second kappa shape index (κ2) is 5.12. The first-order valence-corrected chi connectivity index (χ1v) is 4.34. The number of hydrogen-bond donors (Lipinski definition) is 0. The van der Waals surface area contributed by atoms with E-state index >= 15 is 0 Å². The Labute approximate surface area is 62.2 Å². The summed E-state index contributed by atoms with van der Waals surface area (Å²) in [7, 11) is 1.74. The summed E-state index contributed by atoms with van der Waals surface area (Å²) in [6.07, 6.45) is 0. The lowest BCUT2D eigenvalue weighted by atomic mass is 10.2. The van der Waals surface area contributed by atoms with Gasteiger partial charge < -0.3 is 4.74 Å². The maximum atomic E-state index is 4.93. The molecule has 56 valence electrons. The van der Waals surface area contributed by atoms with Crippen LogP contribution < -0.4 is 0 Å². The summed E-state index contributed by atoms with van der Waals surface area (Å²) >= 11 is 1.86. The minimum absolute atomic E-state index is 0.713. The van der Waals surface area contributed by atoms with Crippen molar-refractivity contribution in [3.8, 4) is 0 Å². The largest absolute Gasteiger partial charge is 0.374 e. The molecule has 0 saturated heterocycles. The van der Waals surface area contributed by atoms with Crippen molar-refractivity contribution in [2.45, 2.75) is 26.0 Å². The van der Waals surface area contributed by atoms with Crippen molar-refractivity contribution in [3.05, 3.63) is 0 Å². The smallest absolute Gasteiger partial charge is 0.0919 e. The molecular weight excluding hydrogens is 132 g/mol. The fourth-order valence-electron chi connectivity index (χ4n) is 0.368. The summed E-state index contributed by atoms with van der Waals surface area (Å²) in [4.78, 5) is 0. The first kappa shape index (κ1) is 9.31. The minimum Gasteiger partial charge on any atom is -0.374 e. The molecule has 1 nitrogen and oxygen atoms in total. The van der Waals surface area contributed by atoms with E-state index in [4.69, 9.17) is 4.74 Å². The Morgan fingerprint density at radius 1 is 1.33 bits per heavy atom. The molecule has 0 aliphatic rings. The molecular formula is C7H16OS. The number of methoxy groups -OCH3 is 1. The van der Waals surface area contributed by atoms with Crippen molar-refractivity contribution in [3.63, 3.8) is 0 Å². The van der Waals surface area contributed by atoms with Crippen LogP contribution in [-0.2, 0) is 4.74 Å². The minimum atomic E-state index is 0.713. The van der Waals surface area contributed by atoms with E-state index in [1.165, 1.54) is 0 Å². The summed E-state index contributed by atoms with van der Waals surface area (Å²) in [5.41, 5.74) is 0. The molecule has 0 aliphatic heterocycles. The van der Waals surface area contributed by atoms with Crippen molar-refractivity contribution in [1.29, 1.82) is 0 Å². The highest BCUT2D eigenvalue weighted by Gasteiger charge is 2.05. The van der Waals surface area contributed by atoms with E-state index in [1.54, 1.807) is 7.11 Å². The Balaban J connectivity index is 3.16. The SMILES string of the molecule is COCSC(C)C(C)C.